The third kappa shape index (κ3) is 4.10. The van der Waals surface area contributed by atoms with Gasteiger partial charge in [0.25, 0.3) is 0 Å². The summed E-state index contributed by atoms with van der Waals surface area (Å²) in [7, 11) is 4.36. The second-order valence-electron chi connectivity index (χ2n) is 6.93. The zero-order valence-electron chi connectivity index (χ0n) is 13.5. The average molecular weight is 276 g/mol. The average Bonchev–Trinajstić information content (AvgIpc) is 2.36. The fraction of sp³-hybridized carbons (Fsp3) is 0.688. The number of piperidine rings is 1. The van der Waals surface area contributed by atoms with Gasteiger partial charge in [-0.3, -0.25) is 0 Å². The number of pyridine rings is 1. The van der Waals surface area contributed by atoms with Crippen LogP contribution in [-0.4, -0.2) is 48.6 Å². The Morgan fingerprint density at radius 3 is 2.75 bits per heavy atom. The number of anilines is 2. The Balaban J connectivity index is 2.09. The summed E-state index contributed by atoms with van der Waals surface area (Å²) in [6, 6.07) is 6.78. The van der Waals surface area contributed by atoms with Crippen LogP contribution in [0, 0.1) is 0 Å². The zero-order chi connectivity index (χ0) is 14.8. The van der Waals surface area contributed by atoms with Gasteiger partial charge in [0, 0.05) is 25.2 Å². The Bertz CT molecular complexity index is 438. The van der Waals surface area contributed by atoms with Gasteiger partial charge in [0.05, 0.1) is 0 Å². The summed E-state index contributed by atoms with van der Waals surface area (Å²) in [5.41, 5.74) is 0.0370. The summed E-state index contributed by atoms with van der Waals surface area (Å²) in [4.78, 5) is 9.48. The van der Waals surface area contributed by atoms with Crippen LogP contribution in [-0.2, 0) is 0 Å². The lowest BCUT2D eigenvalue weighted by molar-refractivity contribution is 0.247. The number of likely N-dealkylation sites (tertiary alicyclic amines) is 1. The molecule has 1 saturated heterocycles. The van der Waals surface area contributed by atoms with E-state index in [0.29, 0.717) is 6.04 Å². The molecule has 4 nitrogen and oxygen atoms in total. The third-order valence-electron chi connectivity index (χ3n) is 3.75. The van der Waals surface area contributed by atoms with E-state index >= 15 is 0 Å². The molecule has 0 aliphatic carbocycles. The Morgan fingerprint density at radius 2 is 2.10 bits per heavy atom. The van der Waals surface area contributed by atoms with Crippen LogP contribution in [0.5, 0.6) is 0 Å². The van der Waals surface area contributed by atoms with Gasteiger partial charge in [-0.25, -0.2) is 4.98 Å². The molecule has 20 heavy (non-hydrogen) atoms. The van der Waals surface area contributed by atoms with Crippen LogP contribution in [0.3, 0.4) is 0 Å². The molecule has 1 aliphatic rings. The molecule has 1 aliphatic heterocycles. The molecule has 2 heterocycles. The number of aromatic nitrogens is 1. The Morgan fingerprint density at radius 1 is 1.35 bits per heavy atom. The van der Waals surface area contributed by atoms with Gasteiger partial charge in [-0.2, -0.15) is 0 Å². The molecule has 0 radical (unpaired) electrons. The first-order valence-electron chi connectivity index (χ1n) is 7.52. The molecule has 4 heteroatoms. The molecule has 1 aromatic rings. The van der Waals surface area contributed by atoms with E-state index in [1.54, 1.807) is 0 Å². The first-order chi connectivity index (χ1) is 9.35. The van der Waals surface area contributed by atoms with Crippen molar-refractivity contribution in [1.29, 1.82) is 0 Å². The Kier molecular flexibility index (Phi) is 4.53. The minimum atomic E-state index is 0.0370. The lowest BCUT2D eigenvalue weighted by Gasteiger charge is -2.36. The lowest BCUT2D eigenvalue weighted by atomic mass is 10.1. The van der Waals surface area contributed by atoms with E-state index in [-0.39, 0.29) is 5.54 Å². The van der Waals surface area contributed by atoms with E-state index in [9.17, 15) is 0 Å². The first-order valence-corrected chi connectivity index (χ1v) is 7.52. The molecule has 1 aromatic heterocycles. The number of rotatable bonds is 3. The van der Waals surface area contributed by atoms with Gasteiger partial charge in [-0.15, -0.1) is 0 Å². The molecule has 0 amide bonds. The molecule has 1 unspecified atom stereocenters. The summed E-state index contributed by atoms with van der Waals surface area (Å²) in [5, 5.41) is 3.44. The van der Waals surface area contributed by atoms with Crippen molar-refractivity contribution in [3.63, 3.8) is 0 Å². The summed E-state index contributed by atoms with van der Waals surface area (Å²) in [6.45, 7) is 8.79. The van der Waals surface area contributed by atoms with Crippen LogP contribution in [0.2, 0.25) is 0 Å². The number of nitrogens with zero attached hydrogens (tertiary/aromatic N) is 3. The molecule has 2 rings (SSSR count). The van der Waals surface area contributed by atoms with E-state index < -0.39 is 0 Å². The highest BCUT2D eigenvalue weighted by Crippen LogP contribution is 2.21. The van der Waals surface area contributed by atoms with E-state index in [2.05, 4.69) is 62.1 Å². The fourth-order valence-corrected chi connectivity index (χ4v) is 2.72. The summed E-state index contributed by atoms with van der Waals surface area (Å²) < 4.78 is 0. The highest BCUT2D eigenvalue weighted by atomic mass is 15.2. The summed E-state index contributed by atoms with van der Waals surface area (Å²) in [5.74, 6) is 2.01. The number of nitrogens with one attached hydrogen (secondary N) is 1. The maximum absolute atomic E-state index is 4.75. The van der Waals surface area contributed by atoms with E-state index in [4.69, 9.17) is 4.98 Å². The number of hydrogen-bond acceptors (Lipinski definition) is 4. The van der Waals surface area contributed by atoms with Crippen molar-refractivity contribution >= 4 is 11.6 Å². The lowest BCUT2D eigenvalue weighted by Crippen LogP contribution is -2.45. The molecule has 112 valence electrons. The second kappa shape index (κ2) is 6.00. The van der Waals surface area contributed by atoms with Gasteiger partial charge < -0.3 is 15.1 Å². The molecule has 1 atom stereocenters. The maximum atomic E-state index is 4.75. The quantitative estimate of drug-likeness (QED) is 0.920. The molecular formula is C16H28N4. The molecule has 0 saturated carbocycles. The van der Waals surface area contributed by atoms with Gasteiger partial charge >= 0.3 is 0 Å². The molecule has 1 fully saturated rings. The summed E-state index contributed by atoms with van der Waals surface area (Å²) >= 11 is 0. The topological polar surface area (TPSA) is 31.4 Å². The van der Waals surface area contributed by atoms with Crippen LogP contribution in [0.15, 0.2) is 18.2 Å². The molecular weight excluding hydrogens is 248 g/mol. The van der Waals surface area contributed by atoms with Gasteiger partial charge in [-0.1, -0.05) is 6.07 Å². The number of hydrogen-bond donors (Lipinski definition) is 1. The first kappa shape index (κ1) is 15.1. The van der Waals surface area contributed by atoms with Crippen LogP contribution >= 0.6 is 0 Å². The van der Waals surface area contributed by atoms with Crippen molar-refractivity contribution in [1.82, 2.24) is 9.88 Å². The highest BCUT2D eigenvalue weighted by Gasteiger charge is 2.22. The highest BCUT2D eigenvalue weighted by molar-refractivity contribution is 5.48. The molecule has 0 aromatic carbocycles. The second-order valence-corrected chi connectivity index (χ2v) is 6.93. The maximum Gasteiger partial charge on any atom is 0.130 e. The largest absolute Gasteiger partial charge is 0.365 e. The van der Waals surface area contributed by atoms with Crippen molar-refractivity contribution in [3.05, 3.63) is 18.2 Å². The fourth-order valence-electron chi connectivity index (χ4n) is 2.72. The van der Waals surface area contributed by atoms with Gasteiger partial charge in [0.2, 0.25) is 0 Å². The van der Waals surface area contributed by atoms with E-state index in [1.165, 1.54) is 19.4 Å². The van der Waals surface area contributed by atoms with Gasteiger partial charge in [-0.05, 0) is 59.3 Å². The summed E-state index contributed by atoms with van der Waals surface area (Å²) in [6.07, 6.45) is 2.52. The Labute approximate surface area is 123 Å². The SMILES string of the molecule is CN1CCCC(N(C)c2cccc(NC(C)(C)C)n2)C1. The normalized spacial score (nSPS) is 20.8. The van der Waals surface area contributed by atoms with Gasteiger partial charge in [0.1, 0.15) is 11.6 Å². The van der Waals surface area contributed by atoms with Crippen LogP contribution in [0.25, 0.3) is 0 Å². The Hall–Kier alpha value is -1.29. The predicted octanol–water partition coefficient (Wildman–Crippen LogP) is 2.82. The zero-order valence-corrected chi connectivity index (χ0v) is 13.5. The van der Waals surface area contributed by atoms with Crippen LogP contribution in [0.4, 0.5) is 11.6 Å². The van der Waals surface area contributed by atoms with E-state index in [1.807, 2.05) is 6.07 Å². The monoisotopic (exact) mass is 276 g/mol. The molecule has 0 bridgehead atoms. The smallest absolute Gasteiger partial charge is 0.130 e. The van der Waals surface area contributed by atoms with Crippen molar-refractivity contribution in [2.24, 2.45) is 0 Å². The van der Waals surface area contributed by atoms with Crippen LogP contribution in [0.1, 0.15) is 33.6 Å². The minimum Gasteiger partial charge on any atom is -0.365 e. The third-order valence-corrected chi connectivity index (χ3v) is 3.75. The van der Waals surface area contributed by atoms with Crippen molar-refractivity contribution in [2.75, 3.05) is 37.4 Å². The molecule has 0 spiro atoms. The van der Waals surface area contributed by atoms with Crippen LogP contribution < -0.4 is 10.2 Å². The van der Waals surface area contributed by atoms with Crippen molar-refractivity contribution < 1.29 is 0 Å². The van der Waals surface area contributed by atoms with E-state index in [0.717, 1.165) is 18.2 Å². The predicted molar refractivity (Wildman–Crippen MR) is 86.5 cm³/mol. The minimum absolute atomic E-state index is 0.0370. The number of likely N-dealkylation sites (N-methyl/N-ethyl adjacent to an activating group) is 2. The van der Waals surface area contributed by atoms with Gasteiger partial charge in [0.15, 0.2) is 0 Å². The molecule has 1 N–H and O–H groups in total. The van der Waals surface area contributed by atoms with Crippen molar-refractivity contribution in [3.8, 4) is 0 Å². The van der Waals surface area contributed by atoms with Crippen molar-refractivity contribution in [2.45, 2.75) is 45.2 Å². The standard InChI is InChI=1S/C16H28N4/c1-16(2,3)18-14-9-6-10-15(17-14)20(5)13-8-7-11-19(4)12-13/h6,9-10,13H,7-8,11-12H2,1-5H3,(H,17,18).